The molecule has 3 aromatic rings. The number of carbonyl (C=O) groups is 2. The van der Waals surface area contributed by atoms with Crippen molar-refractivity contribution in [3.63, 3.8) is 0 Å². The largest absolute Gasteiger partial charge is 0.493 e. The lowest BCUT2D eigenvalue weighted by Gasteiger charge is -2.25. The van der Waals surface area contributed by atoms with Gasteiger partial charge in [0.05, 0.1) is 30.9 Å². The topological polar surface area (TPSA) is 71.4 Å². The lowest BCUT2D eigenvalue weighted by Crippen LogP contribution is -2.39. The van der Waals surface area contributed by atoms with Crippen LogP contribution in [-0.4, -0.2) is 55.2 Å². The van der Waals surface area contributed by atoms with Crippen molar-refractivity contribution in [2.75, 3.05) is 27.8 Å². The monoisotopic (exact) mass is 481 g/mol. The molecule has 0 fully saturated rings. The zero-order valence-corrected chi connectivity index (χ0v) is 19.8. The number of carbonyl (C=O) groups excluding carboxylic acids is 2. The number of rotatable bonds is 7. The lowest BCUT2D eigenvalue weighted by atomic mass is 9.98. The molecular formula is C25H24FN3O4S. The minimum Gasteiger partial charge on any atom is -0.493 e. The normalized spacial score (nSPS) is 15.1. The van der Waals surface area contributed by atoms with Crippen molar-refractivity contribution in [1.29, 1.82) is 0 Å². The third-order valence-corrected chi connectivity index (χ3v) is 6.44. The van der Waals surface area contributed by atoms with Gasteiger partial charge in [-0.15, -0.1) is 11.3 Å². The van der Waals surface area contributed by atoms with Gasteiger partial charge in [0.15, 0.2) is 11.5 Å². The summed E-state index contributed by atoms with van der Waals surface area (Å²) in [4.78, 5) is 27.9. The Kier molecular flexibility index (Phi) is 6.93. The summed E-state index contributed by atoms with van der Waals surface area (Å²) in [6.45, 7) is -0.138. The number of nitrogens with zero attached hydrogens (tertiary/aromatic N) is 3. The van der Waals surface area contributed by atoms with Crippen LogP contribution >= 0.6 is 11.3 Å². The molecule has 34 heavy (non-hydrogen) atoms. The van der Waals surface area contributed by atoms with E-state index in [4.69, 9.17) is 9.47 Å². The summed E-state index contributed by atoms with van der Waals surface area (Å²) >= 11 is 1.32. The quantitative estimate of drug-likeness (QED) is 0.503. The van der Waals surface area contributed by atoms with Crippen molar-refractivity contribution in [2.45, 2.75) is 12.5 Å². The van der Waals surface area contributed by atoms with Crippen LogP contribution in [0.5, 0.6) is 11.5 Å². The fraction of sp³-hybridized carbons (Fsp3) is 0.240. The zero-order valence-electron chi connectivity index (χ0n) is 19.0. The second-order valence-corrected chi connectivity index (χ2v) is 8.71. The highest BCUT2D eigenvalue weighted by molar-refractivity contribution is 7.12. The SMILES string of the molecule is COc1ccc([C@H]2CC(c3ccc(F)cc3)=NN2C(=O)CN(C)C(=O)c2cccs2)cc1OC. The first-order valence-electron chi connectivity index (χ1n) is 10.6. The number of methoxy groups -OCH3 is 2. The van der Waals surface area contributed by atoms with E-state index in [1.54, 1.807) is 51.6 Å². The van der Waals surface area contributed by atoms with E-state index in [9.17, 15) is 14.0 Å². The molecule has 0 N–H and O–H groups in total. The zero-order chi connectivity index (χ0) is 24.2. The second-order valence-electron chi connectivity index (χ2n) is 7.76. The van der Waals surface area contributed by atoms with Crippen LogP contribution in [0.25, 0.3) is 0 Å². The number of halogens is 1. The van der Waals surface area contributed by atoms with Crippen molar-refractivity contribution >= 4 is 28.9 Å². The Morgan fingerprint density at radius 1 is 1.12 bits per heavy atom. The van der Waals surface area contributed by atoms with Crippen molar-refractivity contribution in [2.24, 2.45) is 5.10 Å². The summed E-state index contributed by atoms with van der Waals surface area (Å²) in [5.41, 5.74) is 2.18. The highest BCUT2D eigenvalue weighted by atomic mass is 32.1. The lowest BCUT2D eigenvalue weighted by molar-refractivity contribution is -0.133. The summed E-state index contributed by atoms with van der Waals surface area (Å²) in [7, 11) is 4.69. The average molecular weight is 482 g/mol. The summed E-state index contributed by atoms with van der Waals surface area (Å²) in [5.74, 6) is 0.202. The van der Waals surface area contributed by atoms with Crippen LogP contribution in [-0.2, 0) is 4.79 Å². The molecule has 0 saturated carbocycles. The fourth-order valence-electron chi connectivity index (χ4n) is 3.81. The molecule has 9 heteroatoms. The minimum atomic E-state index is -0.419. The standard InChI is InChI=1S/C25H24FN3O4S/c1-28(25(31)23-5-4-12-34-23)15-24(30)29-20(17-8-11-21(32-2)22(13-17)33-3)14-19(27-29)16-6-9-18(26)10-7-16/h4-13,20H,14-15H2,1-3H3/t20-/m1/s1. The predicted octanol–water partition coefficient (Wildman–Crippen LogP) is 4.35. The number of hydrogen-bond acceptors (Lipinski definition) is 6. The van der Waals surface area contributed by atoms with Crippen molar-refractivity contribution in [3.05, 3.63) is 81.8 Å². The molecule has 0 spiro atoms. The van der Waals surface area contributed by atoms with E-state index in [2.05, 4.69) is 5.10 Å². The maximum absolute atomic E-state index is 13.4. The molecule has 1 aromatic heterocycles. The molecular weight excluding hydrogens is 457 g/mol. The van der Waals surface area contributed by atoms with E-state index < -0.39 is 6.04 Å². The van der Waals surface area contributed by atoms with Crippen LogP contribution in [0.15, 0.2) is 65.1 Å². The van der Waals surface area contributed by atoms with Crippen molar-refractivity contribution in [3.8, 4) is 11.5 Å². The number of ether oxygens (including phenoxy) is 2. The first kappa shape index (κ1) is 23.4. The second kappa shape index (κ2) is 10.0. The number of hydrogen-bond donors (Lipinski definition) is 0. The minimum absolute atomic E-state index is 0.138. The van der Waals surface area contributed by atoms with Crippen LogP contribution in [0.4, 0.5) is 4.39 Å². The molecule has 0 aliphatic carbocycles. The molecule has 1 aliphatic heterocycles. The van der Waals surface area contributed by atoms with Crippen LogP contribution in [0, 0.1) is 5.82 Å². The molecule has 1 aliphatic rings. The third kappa shape index (κ3) is 4.79. The van der Waals surface area contributed by atoms with Crippen molar-refractivity contribution < 1.29 is 23.5 Å². The summed E-state index contributed by atoms with van der Waals surface area (Å²) in [6.07, 6.45) is 0.426. The summed E-state index contributed by atoms with van der Waals surface area (Å²) in [5, 5.41) is 7.81. The Balaban J connectivity index is 1.63. The highest BCUT2D eigenvalue weighted by Crippen LogP contribution is 2.37. The highest BCUT2D eigenvalue weighted by Gasteiger charge is 2.34. The van der Waals surface area contributed by atoms with Crippen LogP contribution in [0.2, 0.25) is 0 Å². The number of thiophene rings is 1. The number of amides is 2. The molecule has 2 amide bonds. The summed E-state index contributed by atoms with van der Waals surface area (Å²) in [6, 6.07) is 14.5. The number of likely N-dealkylation sites (N-methyl/N-ethyl adjacent to an activating group) is 1. The van der Waals surface area contributed by atoms with Gasteiger partial charge in [0.25, 0.3) is 11.8 Å². The van der Waals surface area contributed by atoms with E-state index >= 15 is 0 Å². The molecule has 0 bridgehead atoms. The Morgan fingerprint density at radius 2 is 1.85 bits per heavy atom. The Morgan fingerprint density at radius 3 is 2.50 bits per heavy atom. The number of benzene rings is 2. The van der Waals surface area contributed by atoms with Gasteiger partial charge in [-0.2, -0.15) is 5.10 Å². The first-order valence-corrected chi connectivity index (χ1v) is 11.5. The van der Waals surface area contributed by atoms with Crippen LogP contribution in [0.3, 0.4) is 0 Å². The van der Waals surface area contributed by atoms with E-state index in [0.29, 0.717) is 28.5 Å². The number of hydrazone groups is 1. The molecule has 0 radical (unpaired) electrons. The molecule has 0 unspecified atom stereocenters. The molecule has 2 aromatic carbocycles. The molecule has 1 atom stereocenters. The third-order valence-electron chi connectivity index (χ3n) is 5.59. The smallest absolute Gasteiger partial charge is 0.264 e. The van der Waals surface area contributed by atoms with E-state index in [1.807, 2.05) is 17.5 Å². The Bertz CT molecular complexity index is 1210. The van der Waals surface area contributed by atoms with Gasteiger partial charge in [-0.25, -0.2) is 9.40 Å². The van der Waals surface area contributed by atoms with Crippen LogP contribution < -0.4 is 9.47 Å². The van der Waals surface area contributed by atoms with E-state index in [0.717, 1.165) is 11.1 Å². The van der Waals surface area contributed by atoms with Gasteiger partial charge in [-0.3, -0.25) is 9.59 Å². The van der Waals surface area contributed by atoms with Gasteiger partial charge in [0, 0.05) is 13.5 Å². The molecule has 0 saturated heterocycles. The van der Waals surface area contributed by atoms with Gasteiger partial charge in [-0.05, 0) is 46.8 Å². The van der Waals surface area contributed by atoms with Crippen LogP contribution in [0.1, 0.15) is 33.3 Å². The predicted molar refractivity (Wildman–Crippen MR) is 128 cm³/mol. The maximum Gasteiger partial charge on any atom is 0.264 e. The van der Waals surface area contributed by atoms with E-state index in [-0.39, 0.29) is 24.2 Å². The van der Waals surface area contributed by atoms with Gasteiger partial charge < -0.3 is 14.4 Å². The van der Waals surface area contributed by atoms with E-state index in [1.165, 1.54) is 33.4 Å². The molecule has 7 nitrogen and oxygen atoms in total. The van der Waals surface area contributed by atoms with Crippen molar-refractivity contribution in [1.82, 2.24) is 9.91 Å². The molecule has 4 rings (SSSR count). The molecule has 176 valence electrons. The molecule has 2 heterocycles. The summed E-state index contributed by atoms with van der Waals surface area (Å²) < 4.78 is 24.2. The van der Waals surface area contributed by atoms with Gasteiger partial charge in [0.1, 0.15) is 12.4 Å². The maximum atomic E-state index is 13.4. The average Bonchev–Trinajstić information content (AvgIpc) is 3.54. The van der Waals surface area contributed by atoms with Gasteiger partial charge in [-0.1, -0.05) is 24.3 Å². The Labute approximate surface area is 201 Å². The first-order chi connectivity index (χ1) is 16.4. The Hall–Kier alpha value is -3.72. The van der Waals surface area contributed by atoms with Gasteiger partial charge in [0.2, 0.25) is 0 Å². The fourth-order valence-corrected chi connectivity index (χ4v) is 4.53. The van der Waals surface area contributed by atoms with Gasteiger partial charge >= 0.3 is 0 Å².